The molecule has 63 valence electrons. The van der Waals surface area contributed by atoms with Crippen LogP contribution in [0.5, 0.6) is 0 Å². The van der Waals surface area contributed by atoms with Crippen LogP contribution < -0.4 is 3.88 Å². The van der Waals surface area contributed by atoms with E-state index in [1.807, 2.05) is 0 Å². The summed E-state index contributed by atoms with van der Waals surface area (Å²) in [4.78, 5) is 0. The predicted molar refractivity (Wildman–Crippen MR) is 37.4 cm³/mol. The molecule has 0 saturated carbocycles. The van der Waals surface area contributed by atoms with Crippen molar-refractivity contribution >= 4 is 17.4 Å². The normalized spacial score (nSPS) is 24.2. The van der Waals surface area contributed by atoms with Crippen molar-refractivity contribution in [1.82, 2.24) is 3.88 Å². The van der Waals surface area contributed by atoms with Gasteiger partial charge < -0.3 is 0 Å². The van der Waals surface area contributed by atoms with E-state index in [0.717, 1.165) is 0 Å². The molecule has 1 unspecified atom stereocenters. The number of thiocarbonyl (C=S) groups is 1. The van der Waals surface area contributed by atoms with Crippen molar-refractivity contribution in [3.8, 4) is 0 Å². The fraction of sp³-hybridized carbons (Fsp3) is 0.800. The summed E-state index contributed by atoms with van der Waals surface area (Å²) in [6, 6.07) is 0. The van der Waals surface area contributed by atoms with Gasteiger partial charge in [0.1, 0.15) is 0 Å². The second-order valence-corrected chi connectivity index (χ2v) is 2.76. The van der Waals surface area contributed by atoms with E-state index < -0.39 is 0 Å². The fourth-order valence-electron chi connectivity index (χ4n) is 0.678. The molecule has 0 radical (unpaired) electrons. The van der Waals surface area contributed by atoms with E-state index in [1.165, 1.54) is 0 Å². The monoisotopic (exact) mass is 260 g/mol. The van der Waals surface area contributed by atoms with Gasteiger partial charge in [0.15, 0.2) is 0 Å². The van der Waals surface area contributed by atoms with Crippen LogP contribution in [0.3, 0.4) is 0 Å². The van der Waals surface area contributed by atoms with Crippen LogP contribution in [0.25, 0.3) is 0 Å². The Morgan fingerprint density at radius 2 is 2.45 bits per heavy atom. The van der Waals surface area contributed by atoms with Gasteiger partial charge in [-0.1, -0.05) is 0 Å². The summed E-state index contributed by atoms with van der Waals surface area (Å²) in [5.74, 6) is 0. The van der Waals surface area contributed by atoms with E-state index in [4.69, 9.17) is 26.4 Å². The van der Waals surface area contributed by atoms with Gasteiger partial charge in [-0.25, -0.2) is 0 Å². The van der Waals surface area contributed by atoms with Crippen molar-refractivity contribution in [2.24, 2.45) is 0 Å². The maximum atomic E-state index is 5.18. The van der Waals surface area contributed by atoms with Crippen LogP contribution in [0, 0.1) is 0 Å². The first-order chi connectivity index (χ1) is 5.33. The van der Waals surface area contributed by atoms with Gasteiger partial charge in [0.05, 0.1) is 0 Å². The molecule has 4 nitrogen and oxygen atoms in total. The number of ether oxygens (including phenoxy) is 3. The van der Waals surface area contributed by atoms with Crippen LogP contribution in [-0.2, 0) is 34.3 Å². The van der Waals surface area contributed by atoms with E-state index in [1.54, 1.807) is 20.1 Å². The molecular weight excluding hydrogens is 250 g/mol. The molecule has 0 aromatic carbocycles. The first-order valence-electron chi connectivity index (χ1n) is 3.11. The fourth-order valence-corrected chi connectivity index (χ4v) is 0.903. The van der Waals surface area contributed by atoms with E-state index in [-0.39, 0.29) is 6.29 Å². The Morgan fingerprint density at radius 1 is 1.64 bits per heavy atom. The zero-order valence-corrected chi connectivity index (χ0v) is 8.56. The average molecular weight is 258 g/mol. The van der Waals surface area contributed by atoms with Crippen LogP contribution in [0.1, 0.15) is 0 Å². The molecule has 0 amide bonds. The van der Waals surface area contributed by atoms with E-state index >= 15 is 0 Å². The topological polar surface area (TPSA) is 39.7 Å². The quantitative estimate of drug-likeness (QED) is 0.517. The van der Waals surface area contributed by atoms with E-state index in [2.05, 4.69) is 3.88 Å². The first kappa shape index (κ1) is 9.39. The minimum atomic E-state index is -0.342. The Labute approximate surface area is 81.8 Å². The molecule has 0 bridgehead atoms. The van der Waals surface area contributed by atoms with Crippen molar-refractivity contribution < 1.29 is 34.3 Å². The molecule has 0 aromatic heterocycles. The molecule has 0 aliphatic carbocycles. The molecule has 0 spiro atoms. The second kappa shape index (κ2) is 5.03. The maximum absolute atomic E-state index is 5.18. The summed E-state index contributed by atoms with van der Waals surface area (Å²) >= 11 is 6.40. The molecular formula is C5H8MoNO3S. The Hall–Kier alpha value is 0.298. The van der Waals surface area contributed by atoms with Crippen molar-refractivity contribution in [3.05, 3.63) is 0 Å². The molecule has 1 heterocycles. The molecule has 1 N–H and O–H groups in total. The third-order valence-corrected chi connectivity index (χ3v) is 2.11. The van der Waals surface area contributed by atoms with E-state index in [0.29, 0.717) is 25.0 Å². The van der Waals surface area contributed by atoms with Crippen LogP contribution in [0.4, 0.5) is 0 Å². The van der Waals surface area contributed by atoms with Crippen molar-refractivity contribution in [2.45, 2.75) is 6.29 Å². The van der Waals surface area contributed by atoms with Gasteiger partial charge in [-0.3, -0.25) is 0 Å². The van der Waals surface area contributed by atoms with Crippen LogP contribution >= 0.6 is 12.2 Å². The standard InChI is InChI=1S/C5H9NO3S.Mo/c6-5(10)9-4-3-7-1-2-8-4;/h4H,1-3H2,(H2,6,10);/q;+1/p-1. The van der Waals surface area contributed by atoms with Crippen molar-refractivity contribution in [3.63, 3.8) is 0 Å². The number of rotatable bonds is 1. The molecule has 1 fully saturated rings. The van der Waals surface area contributed by atoms with Crippen molar-refractivity contribution in [2.75, 3.05) is 19.8 Å². The molecule has 1 atom stereocenters. The van der Waals surface area contributed by atoms with Gasteiger partial charge >= 0.3 is 81.7 Å². The zero-order chi connectivity index (χ0) is 8.10. The van der Waals surface area contributed by atoms with Crippen LogP contribution in [0.2, 0.25) is 0 Å². The molecule has 1 rings (SSSR count). The van der Waals surface area contributed by atoms with Gasteiger partial charge in [-0.15, -0.1) is 0 Å². The number of hydrogen-bond donors (Lipinski definition) is 1. The third-order valence-electron chi connectivity index (χ3n) is 1.11. The molecule has 1 aliphatic heterocycles. The Bertz CT molecular complexity index is 140. The average Bonchev–Trinajstić information content (AvgIpc) is 2.06. The van der Waals surface area contributed by atoms with Crippen LogP contribution in [-0.4, -0.2) is 31.3 Å². The molecule has 1 aliphatic rings. The van der Waals surface area contributed by atoms with Gasteiger partial charge in [0, 0.05) is 0 Å². The summed E-state index contributed by atoms with van der Waals surface area (Å²) in [6.07, 6.45) is -0.342. The third kappa shape index (κ3) is 3.47. The summed E-state index contributed by atoms with van der Waals surface area (Å²) in [5.41, 5.74) is 0. The van der Waals surface area contributed by atoms with Gasteiger partial charge in [-0.2, -0.15) is 0 Å². The van der Waals surface area contributed by atoms with Gasteiger partial charge in [-0.05, 0) is 0 Å². The Balaban J connectivity index is 2.19. The zero-order valence-electron chi connectivity index (χ0n) is 5.74. The molecule has 6 heteroatoms. The van der Waals surface area contributed by atoms with Crippen molar-refractivity contribution in [1.29, 1.82) is 0 Å². The summed E-state index contributed by atoms with van der Waals surface area (Å²) in [7, 11) is 0. The van der Waals surface area contributed by atoms with E-state index in [9.17, 15) is 0 Å². The summed E-state index contributed by atoms with van der Waals surface area (Å²) in [6.45, 7) is 1.65. The van der Waals surface area contributed by atoms with Crippen LogP contribution in [0.15, 0.2) is 0 Å². The van der Waals surface area contributed by atoms with Gasteiger partial charge in [0.25, 0.3) is 0 Å². The first-order valence-corrected chi connectivity index (χ1v) is 4.52. The molecule has 0 aromatic rings. The predicted octanol–water partition coefficient (Wildman–Crippen LogP) is -0.288. The van der Waals surface area contributed by atoms with Gasteiger partial charge in [0.2, 0.25) is 0 Å². The Kier molecular flexibility index (Phi) is 4.30. The minimum absolute atomic E-state index is 0.338. The second-order valence-electron chi connectivity index (χ2n) is 1.88. The molecule has 1 saturated heterocycles. The molecule has 11 heavy (non-hydrogen) atoms. The summed E-state index contributed by atoms with van der Waals surface area (Å²) in [5, 5.41) is 0.338. The summed E-state index contributed by atoms with van der Waals surface area (Å²) < 4.78 is 18.1. The number of nitrogens with one attached hydrogen (secondary N) is 1. The number of hydrogen-bond acceptors (Lipinski definition) is 4. The SMILES string of the molecule is S=C([NH][Mo])OC1COCCO1. The Morgan fingerprint density at radius 3 is 3.00 bits per heavy atom.